The van der Waals surface area contributed by atoms with Crippen LogP contribution in [0.25, 0.3) is 0 Å². The maximum Gasteiger partial charge on any atom is 0.0777 e. The summed E-state index contributed by atoms with van der Waals surface area (Å²) in [5, 5.41) is 3.28. The zero-order chi connectivity index (χ0) is 10.5. The zero-order valence-corrected chi connectivity index (χ0v) is 8.64. The molecule has 3 heteroatoms. The second-order valence-corrected chi connectivity index (χ2v) is 3.37. The monoisotopic (exact) mass is 199 g/mol. The molecule has 0 spiro atoms. The molecule has 0 saturated carbocycles. The highest BCUT2D eigenvalue weighted by molar-refractivity contribution is 5.42. The highest BCUT2D eigenvalue weighted by atomic mass is 14.9. The van der Waals surface area contributed by atoms with Crippen molar-refractivity contribution in [3.8, 4) is 0 Å². The lowest BCUT2D eigenvalue weighted by molar-refractivity contribution is 0.984. The Kier molecular flexibility index (Phi) is 2.93. The van der Waals surface area contributed by atoms with Gasteiger partial charge < -0.3 is 5.32 Å². The molecule has 0 atom stereocenters. The van der Waals surface area contributed by atoms with E-state index in [4.69, 9.17) is 0 Å². The zero-order valence-electron chi connectivity index (χ0n) is 8.64. The van der Waals surface area contributed by atoms with Crippen LogP contribution in [0.15, 0.2) is 42.7 Å². The fraction of sp³-hybridized carbons (Fsp3) is 0.167. The third-order valence-electron chi connectivity index (χ3n) is 2.08. The molecule has 1 aromatic carbocycles. The summed E-state index contributed by atoms with van der Waals surface area (Å²) < 4.78 is 0. The molecule has 0 radical (unpaired) electrons. The van der Waals surface area contributed by atoms with Gasteiger partial charge in [0.1, 0.15) is 0 Å². The summed E-state index contributed by atoms with van der Waals surface area (Å²) in [4.78, 5) is 8.46. The molecule has 2 rings (SSSR count). The number of hydrogen-bond acceptors (Lipinski definition) is 3. The average molecular weight is 199 g/mol. The first kappa shape index (κ1) is 9.65. The Morgan fingerprint density at radius 2 is 1.87 bits per heavy atom. The number of aromatic nitrogens is 2. The van der Waals surface area contributed by atoms with E-state index >= 15 is 0 Å². The second kappa shape index (κ2) is 4.55. The minimum Gasteiger partial charge on any atom is -0.379 e. The Hall–Kier alpha value is -1.90. The third-order valence-corrected chi connectivity index (χ3v) is 2.08. The summed E-state index contributed by atoms with van der Waals surface area (Å²) in [6.07, 6.45) is 3.58. The van der Waals surface area contributed by atoms with Crippen molar-refractivity contribution in [2.45, 2.75) is 13.5 Å². The van der Waals surface area contributed by atoms with Crippen molar-refractivity contribution in [3.63, 3.8) is 0 Å². The van der Waals surface area contributed by atoms with Crippen molar-refractivity contribution in [2.24, 2.45) is 0 Å². The van der Waals surface area contributed by atoms with Gasteiger partial charge in [0.05, 0.1) is 24.1 Å². The molecule has 0 aliphatic rings. The van der Waals surface area contributed by atoms with Crippen LogP contribution in [-0.2, 0) is 6.54 Å². The van der Waals surface area contributed by atoms with Gasteiger partial charge in [-0.05, 0) is 19.1 Å². The van der Waals surface area contributed by atoms with E-state index in [1.807, 2.05) is 37.3 Å². The molecule has 0 saturated heterocycles. The molecule has 76 valence electrons. The van der Waals surface area contributed by atoms with Crippen molar-refractivity contribution < 1.29 is 0 Å². The van der Waals surface area contributed by atoms with E-state index in [1.54, 1.807) is 12.4 Å². The van der Waals surface area contributed by atoms with E-state index in [-0.39, 0.29) is 0 Å². The van der Waals surface area contributed by atoms with Gasteiger partial charge in [-0.25, -0.2) is 0 Å². The van der Waals surface area contributed by atoms with Gasteiger partial charge in [-0.2, -0.15) is 0 Å². The summed E-state index contributed by atoms with van der Waals surface area (Å²) in [6, 6.07) is 10.1. The molecule has 0 unspecified atom stereocenters. The van der Waals surface area contributed by atoms with Crippen LogP contribution in [0.1, 0.15) is 11.4 Å². The molecular weight excluding hydrogens is 186 g/mol. The topological polar surface area (TPSA) is 37.8 Å². The molecule has 1 aromatic heterocycles. The molecule has 1 N–H and O–H groups in total. The number of para-hydroxylation sites is 1. The number of rotatable bonds is 3. The molecule has 0 aliphatic heterocycles. The van der Waals surface area contributed by atoms with E-state index < -0.39 is 0 Å². The molecule has 2 aromatic rings. The minimum absolute atomic E-state index is 0.706. The summed E-state index contributed by atoms with van der Waals surface area (Å²) in [6.45, 7) is 2.64. The molecule has 0 aliphatic carbocycles. The van der Waals surface area contributed by atoms with Crippen LogP contribution >= 0.6 is 0 Å². The highest BCUT2D eigenvalue weighted by Gasteiger charge is 1.94. The first-order chi connectivity index (χ1) is 7.34. The predicted molar refractivity (Wildman–Crippen MR) is 60.5 cm³/mol. The van der Waals surface area contributed by atoms with Gasteiger partial charge in [0.15, 0.2) is 0 Å². The maximum atomic E-state index is 4.27. The van der Waals surface area contributed by atoms with Gasteiger partial charge in [0, 0.05) is 11.9 Å². The third kappa shape index (κ3) is 2.77. The van der Waals surface area contributed by atoms with Crippen LogP contribution in [0.5, 0.6) is 0 Å². The summed E-state index contributed by atoms with van der Waals surface area (Å²) in [5.41, 5.74) is 2.99. The summed E-state index contributed by atoms with van der Waals surface area (Å²) in [5.74, 6) is 0. The smallest absolute Gasteiger partial charge is 0.0777 e. The number of nitrogens with one attached hydrogen (secondary N) is 1. The van der Waals surface area contributed by atoms with Gasteiger partial charge in [-0.15, -0.1) is 0 Å². The Balaban J connectivity index is 1.96. The molecule has 15 heavy (non-hydrogen) atoms. The van der Waals surface area contributed by atoms with Gasteiger partial charge in [0.25, 0.3) is 0 Å². The van der Waals surface area contributed by atoms with Crippen LogP contribution in [0.2, 0.25) is 0 Å². The summed E-state index contributed by atoms with van der Waals surface area (Å²) >= 11 is 0. The Morgan fingerprint density at radius 1 is 1.07 bits per heavy atom. The number of anilines is 1. The number of aryl methyl sites for hydroxylation is 1. The highest BCUT2D eigenvalue weighted by Crippen LogP contribution is 2.06. The van der Waals surface area contributed by atoms with Gasteiger partial charge in [0.2, 0.25) is 0 Å². The van der Waals surface area contributed by atoms with Crippen molar-refractivity contribution in [1.82, 2.24) is 9.97 Å². The molecule has 1 heterocycles. The fourth-order valence-corrected chi connectivity index (χ4v) is 1.26. The lowest BCUT2D eigenvalue weighted by Crippen LogP contribution is -2.02. The van der Waals surface area contributed by atoms with E-state index in [1.165, 1.54) is 0 Å². The predicted octanol–water partition coefficient (Wildman–Crippen LogP) is 2.40. The van der Waals surface area contributed by atoms with E-state index in [0.29, 0.717) is 6.54 Å². The SMILES string of the molecule is Cc1cnc(CNc2ccccc2)cn1. The largest absolute Gasteiger partial charge is 0.379 e. The quantitative estimate of drug-likeness (QED) is 0.824. The van der Waals surface area contributed by atoms with Crippen LogP contribution < -0.4 is 5.32 Å². The van der Waals surface area contributed by atoms with Gasteiger partial charge in [-0.1, -0.05) is 18.2 Å². The summed E-state index contributed by atoms with van der Waals surface area (Å²) in [7, 11) is 0. The fourth-order valence-electron chi connectivity index (χ4n) is 1.26. The standard InChI is InChI=1S/C12H13N3/c1-10-7-14-12(8-13-10)9-15-11-5-3-2-4-6-11/h2-8,15H,9H2,1H3. The van der Waals surface area contributed by atoms with Crippen LogP contribution in [0, 0.1) is 6.92 Å². The van der Waals surface area contributed by atoms with Crippen LogP contribution in [0.4, 0.5) is 5.69 Å². The van der Waals surface area contributed by atoms with Crippen molar-refractivity contribution in [3.05, 3.63) is 54.1 Å². The van der Waals surface area contributed by atoms with Crippen LogP contribution in [0.3, 0.4) is 0 Å². The Labute approximate surface area is 89.2 Å². The number of nitrogens with zero attached hydrogens (tertiary/aromatic N) is 2. The molecule has 0 amide bonds. The van der Waals surface area contributed by atoms with E-state index in [2.05, 4.69) is 15.3 Å². The van der Waals surface area contributed by atoms with Gasteiger partial charge in [-0.3, -0.25) is 9.97 Å². The molecular formula is C12H13N3. The first-order valence-corrected chi connectivity index (χ1v) is 4.91. The normalized spacial score (nSPS) is 9.93. The minimum atomic E-state index is 0.706. The lowest BCUT2D eigenvalue weighted by atomic mass is 10.3. The lowest BCUT2D eigenvalue weighted by Gasteiger charge is -2.04. The molecule has 0 bridgehead atoms. The number of benzene rings is 1. The van der Waals surface area contributed by atoms with Crippen molar-refractivity contribution >= 4 is 5.69 Å². The first-order valence-electron chi connectivity index (χ1n) is 4.91. The van der Waals surface area contributed by atoms with Crippen molar-refractivity contribution in [2.75, 3.05) is 5.32 Å². The second-order valence-electron chi connectivity index (χ2n) is 3.37. The van der Waals surface area contributed by atoms with Gasteiger partial charge >= 0.3 is 0 Å². The van der Waals surface area contributed by atoms with Crippen molar-refractivity contribution in [1.29, 1.82) is 0 Å². The maximum absolute atomic E-state index is 4.27. The van der Waals surface area contributed by atoms with E-state index in [0.717, 1.165) is 17.1 Å². The molecule has 0 fully saturated rings. The Bertz CT molecular complexity index is 409. The van der Waals surface area contributed by atoms with E-state index in [9.17, 15) is 0 Å². The Morgan fingerprint density at radius 3 is 2.53 bits per heavy atom. The number of hydrogen-bond donors (Lipinski definition) is 1. The van der Waals surface area contributed by atoms with Crippen LogP contribution in [-0.4, -0.2) is 9.97 Å². The average Bonchev–Trinajstić information content (AvgIpc) is 2.30. The molecule has 3 nitrogen and oxygen atoms in total.